The number of carbonyl (C=O) groups excluding carboxylic acids is 1. The van der Waals surface area contributed by atoms with Crippen molar-refractivity contribution >= 4 is 22.2 Å². The van der Waals surface area contributed by atoms with Crippen molar-refractivity contribution in [2.75, 3.05) is 21.3 Å². The average Bonchev–Trinajstić information content (AvgIpc) is 3.09. The monoisotopic (exact) mass is 406 g/mol. The molecule has 2 aromatic rings. The number of furan rings is 1. The summed E-state index contributed by atoms with van der Waals surface area (Å²) >= 11 is 0. The van der Waals surface area contributed by atoms with Crippen molar-refractivity contribution < 1.29 is 66.0 Å². The topological polar surface area (TPSA) is 139 Å². The van der Waals surface area contributed by atoms with Gasteiger partial charge in [0.2, 0.25) is 10.8 Å². The van der Waals surface area contributed by atoms with Crippen LogP contribution in [0, 0.1) is 0 Å². The first-order chi connectivity index (χ1) is 12.3. The van der Waals surface area contributed by atoms with Crippen molar-refractivity contribution in [2.24, 2.45) is 5.10 Å². The van der Waals surface area contributed by atoms with Gasteiger partial charge in [0.25, 0.3) is 5.91 Å². The number of nitrogens with zero attached hydrogens (tertiary/aromatic N) is 1. The number of ether oxygens (including phenoxy) is 3. The quantitative estimate of drug-likeness (QED) is 0.241. The van der Waals surface area contributed by atoms with E-state index in [0.29, 0.717) is 5.75 Å². The summed E-state index contributed by atoms with van der Waals surface area (Å²) in [4.78, 5) is 12.2. The normalized spacial score (nSPS) is 11.0. The summed E-state index contributed by atoms with van der Waals surface area (Å²) in [6.45, 7) is 0. The third kappa shape index (κ3) is 5.71. The van der Waals surface area contributed by atoms with Gasteiger partial charge in [-0.25, -0.2) is 13.8 Å². The van der Waals surface area contributed by atoms with Crippen LogP contribution in [-0.2, 0) is 10.1 Å². The van der Waals surface area contributed by atoms with E-state index in [-0.39, 0.29) is 52.4 Å². The van der Waals surface area contributed by atoms with Gasteiger partial charge in [-0.05, 0) is 24.3 Å². The van der Waals surface area contributed by atoms with Gasteiger partial charge in [0.05, 0.1) is 27.5 Å². The van der Waals surface area contributed by atoms with E-state index in [2.05, 4.69) is 10.5 Å². The van der Waals surface area contributed by atoms with E-state index in [1.54, 1.807) is 0 Å². The molecular formula is C15H15N2NaO8S. The van der Waals surface area contributed by atoms with Crippen molar-refractivity contribution in [3.05, 3.63) is 35.6 Å². The van der Waals surface area contributed by atoms with Gasteiger partial charge >= 0.3 is 29.6 Å². The van der Waals surface area contributed by atoms with Crippen LogP contribution in [0.4, 0.5) is 0 Å². The van der Waals surface area contributed by atoms with Crippen LogP contribution < -0.4 is 49.2 Å². The molecule has 0 saturated heterocycles. The Morgan fingerprint density at radius 2 is 1.74 bits per heavy atom. The number of hydrazone groups is 1. The number of nitrogens with one attached hydrogen (secondary N) is 1. The zero-order valence-electron chi connectivity index (χ0n) is 15.0. The van der Waals surface area contributed by atoms with Gasteiger partial charge in [0.1, 0.15) is 5.76 Å². The molecule has 0 unspecified atom stereocenters. The molecule has 140 valence electrons. The van der Waals surface area contributed by atoms with E-state index in [0.717, 1.165) is 12.3 Å². The molecule has 0 fully saturated rings. The molecule has 12 heteroatoms. The van der Waals surface area contributed by atoms with Crippen LogP contribution >= 0.6 is 0 Å². The van der Waals surface area contributed by atoms with Gasteiger partial charge in [0.15, 0.2) is 21.6 Å². The Balaban J connectivity index is 0.00000364. The average molecular weight is 406 g/mol. The molecule has 1 heterocycles. The smallest absolute Gasteiger partial charge is 0.742 e. The largest absolute Gasteiger partial charge is 1.00 e. The second-order valence-corrected chi connectivity index (χ2v) is 6.03. The van der Waals surface area contributed by atoms with Crippen molar-refractivity contribution in [3.63, 3.8) is 0 Å². The van der Waals surface area contributed by atoms with Crippen molar-refractivity contribution in [1.82, 2.24) is 5.43 Å². The number of amides is 1. The minimum Gasteiger partial charge on any atom is -0.742 e. The molecule has 0 spiro atoms. The Kier molecular flexibility index (Phi) is 8.31. The number of carbonyl (C=O) groups is 1. The maximum Gasteiger partial charge on any atom is 1.00 e. The van der Waals surface area contributed by atoms with E-state index in [1.165, 1.54) is 39.5 Å². The maximum absolute atomic E-state index is 12.2. The first-order valence-corrected chi connectivity index (χ1v) is 8.40. The number of rotatable bonds is 7. The molecular weight excluding hydrogens is 391 g/mol. The van der Waals surface area contributed by atoms with Crippen LogP contribution in [-0.4, -0.2) is 46.4 Å². The number of benzene rings is 1. The molecule has 1 aromatic carbocycles. The van der Waals surface area contributed by atoms with Crippen LogP contribution in [0.15, 0.2) is 38.9 Å². The van der Waals surface area contributed by atoms with E-state index in [1.807, 2.05) is 0 Å². The second kappa shape index (κ2) is 9.76. The number of hydrogen-bond donors (Lipinski definition) is 1. The standard InChI is InChI=1S/C15H16N2O8S.Na/c1-22-11-6-9(7-12(23-2)14(11)24-3)15(18)17-16-8-10-4-5-13(25-10)26(19,20)21;/h4-8H,1-3H3,(H,17,18)(H,19,20,21);/q;+1/p-1. The summed E-state index contributed by atoms with van der Waals surface area (Å²) in [5, 5.41) is 2.90. The summed E-state index contributed by atoms with van der Waals surface area (Å²) in [5.41, 5.74) is 2.41. The second-order valence-electron chi connectivity index (χ2n) is 4.72. The summed E-state index contributed by atoms with van der Waals surface area (Å²) in [6.07, 6.45) is 1.05. The van der Waals surface area contributed by atoms with Gasteiger partial charge in [-0.3, -0.25) is 4.79 Å². The van der Waals surface area contributed by atoms with Crippen LogP contribution in [0.2, 0.25) is 0 Å². The summed E-state index contributed by atoms with van der Waals surface area (Å²) < 4.78 is 52.6. The molecule has 0 radical (unpaired) electrons. The third-order valence-electron chi connectivity index (χ3n) is 3.13. The zero-order valence-corrected chi connectivity index (χ0v) is 17.8. The maximum atomic E-state index is 12.2. The molecule has 0 aliphatic carbocycles. The van der Waals surface area contributed by atoms with Crippen molar-refractivity contribution in [2.45, 2.75) is 5.09 Å². The number of hydrogen-bond acceptors (Lipinski definition) is 9. The zero-order chi connectivity index (χ0) is 19.3. The number of methoxy groups -OCH3 is 3. The van der Waals surface area contributed by atoms with E-state index < -0.39 is 21.1 Å². The Hall–Kier alpha value is -2.05. The molecule has 0 bridgehead atoms. The Morgan fingerprint density at radius 1 is 1.15 bits per heavy atom. The molecule has 0 aliphatic heterocycles. The van der Waals surface area contributed by atoms with Gasteiger partial charge < -0.3 is 23.2 Å². The summed E-state index contributed by atoms with van der Waals surface area (Å²) in [5.74, 6) is 0.292. The SMILES string of the molecule is COc1cc(C(=O)NN=Cc2ccc(S(=O)(=O)[O-])o2)cc(OC)c1OC.[Na+]. The van der Waals surface area contributed by atoms with Crippen LogP contribution in [0.25, 0.3) is 0 Å². The molecule has 1 amide bonds. The fraction of sp³-hybridized carbons (Fsp3) is 0.200. The van der Waals surface area contributed by atoms with Crippen LogP contribution in [0.5, 0.6) is 17.2 Å². The molecule has 0 aliphatic rings. The van der Waals surface area contributed by atoms with E-state index in [4.69, 9.17) is 18.6 Å². The fourth-order valence-corrected chi connectivity index (χ4v) is 2.40. The first kappa shape index (κ1) is 23.0. The van der Waals surface area contributed by atoms with Crippen LogP contribution in [0.3, 0.4) is 0 Å². The summed E-state index contributed by atoms with van der Waals surface area (Å²) in [6, 6.07) is 5.08. The molecule has 2 rings (SSSR count). The molecule has 10 nitrogen and oxygen atoms in total. The first-order valence-electron chi connectivity index (χ1n) is 6.99. The Morgan fingerprint density at radius 3 is 2.19 bits per heavy atom. The third-order valence-corrected chi connectivity index (χ3v) is 3.85. The van der Waals surface area contributed by atoms with Gasteiger partial charge in [-0.1, -0.05) is 0 Å². The fourth-order valence-electron chi connectivity index (χ4n) is 1.97. The van der Waals surface area contributed by atoms with Gasteiger partial charge in [-0.2, -0.15) is 5.10 Å². The van der Waals surface area contributed by atoms with Crippen molar-refractivity contribution in [1.29, 1.82) is 0 Å². The summed E-state index contributed by atoms with van der Waals surface area (Å²) in [7, 11) is -0.434. The molecule has 27 heavy (non-hydrogen) atoms. The molecule has 0 saturated carbocycles. The molecule has 1 N–H and O–H groups in total. The predicted octanol–water partition coefficient (Wildman–Crippen LogP) is -2.02. The van der Waals surface area contributed by atoms with E-state index in [9.17, 15) is 17.8 Å². The van der Waals surface area contributed by atoms with Crippen LogP contribution in [0.1, 0.15) is 16.1 Å². The molecule has 0 atom stereocenters. The minimum atomic E-state index is -4.69. The minimum absolute atomic E-state index is 0. The Labute approximate surface area is 177 Å². The van der Waals surface area contributed by atoms with Crippen molar-refractivity contribution in [3.8, 4) is 17.2 Å². The van der Waals surface area contributed by atoms with E-state index >= 15 is 0 Å². The predicted molar refractivity (Wildman–Crippen MR) is 87.8 cm³/mol. The molecule has 1 aromatic heterocycles. The van der Waals surface area contributed by atoms with Gasteiger partial charge in [0, 0.05) is 5.56 Å². The van der Waals surface area contributed by atoms with Gasteiger partial charge in [-0.15, -0.1) is 0 Å². The Bertz CT molecular complexity index is 914.